The molecule has 1 aromatic heterocycles. The largest absolute Gasteiger partial charge is 0.423 e. The zero-order chi connectivity index (χ0) is 17.0. The first kappa shape index (κ1) is 17.5. The second-order valence-corrected chi connectivity index (χ2v) is 6.12. The number of hydrogen-bond donors (Lipinski definition) is 1. The highest BCUT2D eigenvalue weighted by atomic mass is 35.5. The number of carbonyl (C=O) groups excluding carboxylic acids is 1. The second kappa shape index (κ2) is 7.62. The second-order valence-electron chi connectivity index (χ2n) is 5.71. The maximum atomic E-state index is 11.8. The molecule has 2 rings (SSSR count). The predicted molar refractivity (Wildman–Crippen MR) is 91.9 cm³/mol. The molecule has 0 unspecified atom stereocenters. The molecule has 0 spiro atoms. The van der Waals surface area contributed by atoms with Crippen molar-refractivity contribution in [3.63, 3.8) is 0 Å². The quantitative estimate of drug-likeness (QED) is 0.824. The Balaban J connectivity index is 2.24. The van der Waals surface area contributed by atoms with Gasteiger partial charge >= 0.3 is 5.63 Å². The first-order valence-corrected chi connectivity index (χ1v) is 7.96. The Labute approximate surface area is 140 Å². The van der Waals surface area contributed by atoms with Crippen LogP contribution < -0.4 is 10.9 Å². The Morgan fingerprint density at radius 2 is 2.09 bits per heavy atom. The molecule has 0 atom stereocenters. The van der Waals surface area contributed by atoms with Gasteiger partial charge in [-0.15, -0.1) is 0 Å². The Bertz CT molecular complexity index is 770. The number of likely N-dealkylation sites (N-methyl/N-ethyl adjacent to an activating group) is 1. The summed E-state index contributed by atoms with van der Waals surface area (Å²) < 4.78 is 5.24. The lowest BCUT2D eigenvalue weighted by Gasteiger charge is -2.17. The summed E-state index contributed by atoms with van der Waals surface area (Å²) in [5.41, 5.74) is 1.76. The van der Waals surface area contributed by atoms with Crippen LogP contribution in [-0.4, -0.2) is 30.9 Å². The number of fused-ring (bicyclic) bond motifs is 1. The molecule has 23 heavy (non-hydrogen) atoms. The van der Waals surface area contributed by atoms with Crippen LogP contribution >= 0.6 is 11.6 Å². The van der Waals surface area contributed by atoms with Crippen LogP contribution in [0.1, 0.15) is 24.5 Å². The van der Waals surface area contributed by atoms with E-state index in [0.717, 1.165) is 22.9 Å². The first-order chi connectivity index (χ1) is 10.9. The van der Waals surface area contributed by atoms with Crippen molar-refractivity contribution in [2.45, 2.75) is 26.8 Å². The standard InChI is InChI=1S/C17H21ClN2O3/c1-4-5-19-16(21)10-20(3)9-12-7-17(22)23-15-6-11(2)14(18)8-13(12)15/h6-8H,4-5,9-10H2,1-3H3,(H,19,21). The summed E-state index contributed by atoms with van der Waals surface area (Å²) in [6, 6.07) is 5.01. The third-order valence-corrected chi connectivity index (χ3v) is 3.94. The summed E-state index contributed by atoms with van der Waals surface area (Å²) in [4.78, 5) is 25.4. The van der Waals surface area contributed by atoms with E-state index in [2.05, 4.69) is 5.32 Å². The molecular weight excluding hydrogens is 316 g/mol. The first-order valence-electron chi connectivity index (χ1n) is 7.58. The number of hydrogen-bond acceptors (Lipinski definition) is 4. The van der Waals surface area contributed by atoms with Gasteiger partial charge in [-0.3, -0.25) is 9.69 Å². The minimum absolute atomic E-state index is 0.0319. The van der Waals surface area contributed by atoms with Crippen LogP contribution in [-0.2, 0) is 11.3 Å². The van der Waals surface area contributed by atoms with Crippen molar-refractivity contribution in [2.24, 2.45) is 0 Å². The highest BCUT2D eigenvalue weighted by Crippen LogP contribution is 2.25. The molecule has 0 radical (unpaired) electrons. The van der Waals surface area contributed by atoms with Crippen molar-refractivity contribution in [2.75, 3.05) is 20.1 Å². The third kappa shape index (κ3) is 4.56. The number of carbonyl (C=O) groups is 1. The van der Waals surface area contributed by atoms with E-state index in [-0.39, 0.29) is 12.5 Å². The van der Waals surface area contributed by atoms with Gasteiger partial charge in [0.1, 0.15) is 5.58 Å². The molecule has 0 aliphatic heterocycles. The molecule has 0 bridgehead atoms. The Hall–Kier alpha value is -1.85. The van der Waals surface area contributed by atoms with E-state index in [0.29, 0.717) is 23.7 Å². The topological polar surface area (TPSA) is 62.6 Å². The van der Waals surface area contributed by atoms with Crippen molar-refractivity contribution in [3.05, 3.63) is 44.8 Å². The smallest absolute Gasteiger partial charge is 0.336 e. The number of rotatable bonds is 6. The number of benzene rings is 1. The van der Waals surface area contributed by atoms with E-state index >= 15 is 0 Å². The van der Waals surface area contributed by atoms with Gasteiger partial charge in [0.05, 0.1) is 6.54 Å². The predicted octanol–water partition coefficient (Wildman–Crippen LogP) is 2.71. The summed E-state index contributed by atoms with van der Waals surface area (Å²) in [6.45, 7) is 5.26. The summed E-state index contributed by atoms with van der Waals surface area (Å²) in [5.74, 6) is -0.0319. The molecule has 0 saturated heterocycles. The minimum atomic E-state index is -0.405. The molecule has 124 valence electrons. The molecule has 1 heterocycles. The van der Waals surface area contributed by atoms with Crippen LogP contribution in [0.2, 0.25) is 5.02 Å². The maximum absolute atomic E-state index is 11.8. The van der Waals surface area contributed by atoms with Gasteiger partial charge in [0.25, 0.3) is 0 Å². The zero-order valence-electron chi connectivity index (χ0n) is 13.6. The number of aryl methyl sites for hydroxylation is 1. The Morgan fingerprint density at radius 1 is 1.35 bits per heavy atom. The molecule has 1 amide bonds. The fraction of sp³-hybridized carbons (Fsp3) is 0.412. The molecule has 0 aliphatic rings. The molecule has 2 aromatic rings. The average molecular weight is 337 g/mol. The lowest BCUT2D eigenvalue weighted by Crippen LogP contribution is -2.35. The Morgan fingerprint density at radius 3 is 2.78 bits per heavy atom. The van der Waals surface area contributed by atoms with Gasteiger partial charge in [-0.25, -0.2) is 4.79 Å². The van der Waals surface area contributed by atoms with Gasteiger partial charge in [-0.05, 0) is 43.7 Å². The number of nitrogens with zero attached hydrogens (tertiary/aromatic N) is 1. The average Bonchev–Trinajstić information content (AvgIpc) is 2.47. The minimum Gasteiger partial charge on any atom is -0.423 e. The van der Waals surface area contributed by atoms with E-state index in [1.54, 1.807) is 12.1 Å². The van der Waals surface area contributed by atoms with Crippen molar-refractivity contribution < 1.29 is 9.21 Å². The van der Waals surface area contributed by atoms with Crippen LogP contribution in [0, 0.1) is 6.92 Å². The van der Waals surface area contributed by atoms with Crippen LogP contribution in [0.4, 0.5) is 0 Å². The van der Waals surface area contributed by atoms with Crippen LogP contribution in [0.15, 0.2) is 27.4 Å². The molecule has 6 heteroatoms. The van der Waals surface area contributed by atoms with Gasteiger partial charge < -0.3 is 9.73 Å². The zero-order valence-corrected chi connectivity index (χ0v) is 14.4. The Kier molecular flexibility index (Phi) is 5.80. The fourth-order valence-electron chi connectivity index (χ4n) is 2.39. The number of amides is 1. The lowest BCUT2D eigenvalue weighted by molar-refractivity contribution is -0.122. The molecule has 0 fully saturated rings. The number of halogens is 1. The van der Waals surface area contributed by atoms with Crippen molar-refractivity contribution >= 4 is 28.5 Å². The molecule has 1 aromatic carbocycles. The maximum Gasteiger partial charge on any atom is 0.336 e. The molecule has 1 N–H and O–H groups in total. The van der Waals surface area contributed by atoms with E-state index < -0.39 is 5.63 Å². The molecule has 0 aliphatic carbocycles. The van der Waals surface area contributed by atoms with Crippen LogP contribution in [0.3, 0.4) is 0 Å². The van der Waals surface area contributed by atoms with Gasteiger partial charge in [0.15, 0.2) is 0 Å². The van der Waals surface area contributed by atoms with E-state index in [4.69, 9.17) is 16.0 Å². The van der Waals surface area contributed by atoms with Crippen LogP contribution in [0.5, 0.6) is 0 Å². The summed E-state index contributed by atoms with van der Waals surface area (Å²) in [6.07, 6.45) is 0.900. The van der Waals surface area contributed by atoms with Crippen molar-refractivity contribution in [1.29, 1.82) is 0 Å². The van der Waals surface area contributed by atoms with Gasteiger partial charge in [0.2, 0.25) is 5.91 Å². The van der Waals surface area contributed by atoms with Crippen molar-refractivity contribution in [1.82, 2.24) is 10.2 Å². The lowest BCUT2D eigenvalue weighted by atomic mass is 10.1. The van der Waals surface area contributed by atoms with E-state index in [1.807, 2.05) is 25.8 Å². The SMILES string of the molecule is CCCNC(=O)CN(C)Cc1cc(=O)oc2cc(C)c(Cl)cc12. The van der Waals surface area contributed by atoms with Crippen molar-refractivity contribution in [3.8, 4) is 0 Å². The molecule has 0 saturated carbocycles. The fourth-order valence-corrected chi connectivity index (χ4v) is 2.55. The monoisotopic (exact) mass is 336 g/mol. The molecule has 5 nitrogen and oxygen atoms in total. The highest BCUT2D eigenvalue weighted by Gasteiger charge is 2.12. The summed E-state index contributed by atoms with van der Waals surface area (Å²) >= 11 is 6.18. The highest BCUT2D eigenvalue weighted by molar-refractivity contribution is 6.32. The van der Waals surface area contributed by atoms with Crippen LogP contribution in [0.25, 0.3) is 11.0 Å². The third-order valence-electron chi connectivity index (χ3n) is 3.54. The van der Waals surface area contributed by atoms with Gasteiger partial charge in [-0.2, -0.15) is 0 Å². The van der Waals surface area contributed by atoms with Gasteiger partial charge in [-0.1, -0.05) is 18.5 Å². The number of nitrogens with one attached hydrogen (secondary N) is 1. The van der Waals surface area contributed by atoms with E-state index in [9.17, 15) is 9.59 Å². The normalized spacial score (nSPS) is 11.2. The molecular formula is C17H21ClN2O3. The summed E-state index contributed by atoms with van der Waals surface area (Å²) in [5, 5.41) is 4.25. The van der Waals surface area contributed by atoms with E-state index in [1.165, 1.54) is 6.07 Å². The van der Waals surface area contributed by atoms with Gasteiger partial charge in [0, 0.05) is 29.6 Å². The summed E-state index contributed by atoms with van der Waals surface area (Å²) in [7, 11) is 1.84.